The lowest BCUT2D eigenvalue weighted by Gasteiger charge is -2.13. The predicted molar refractivity (Wildman–Crippen MR) is 110 cm³/mol. The fourth-order valence-electron chi connectivity index (χ4n) is 3.18. The number of carbonyl (C=O) groups excluding carboxylic acids is 2. The summed E-state index contributed by atoms with van der Waals surface area (Å²) < 4.78 is 0. The maximum atomic E-state index is 12.9. The van der Waals surface area contributed by atoms with Crippen LogP contribution in [-0.4, -0.2) is 45.4 Å². The second-order valence-electron chi connectivity index (χ2n) is 6.54. The van der Waals surface area contributed by atoms with Gasteiger partial charge in [-0.25, -0.2) is 9.59 Å². The van der Waals surface area contributed by atoms with E-state index in [4.69, 9.17) is 0 Å². The van der Waals surface area contributed by atoms with Gasteiger partial charge >= 0.3 is 11.9 Å². The molecule has 10 heteroatoms. The topological polar surface area (TPSA) is 140 Å². The van der Waals surface area contributed by atoms with Crippen molar-refractivity contribution in [2.45, 2.75) is 0 Å². The molecule has 0 radical (unpaired) electrons. The van der Waals surface area contributed by atoms with Gasteiger partial charge in [0.2, 0.25) is 0 Å². The van der Waals surface area contributed by atoms with Crippen LogP contribution < -0.4 is 10.0 Å². The monoisotopic (exact) mass is 418 g/mol. The first-order chi connectivity index (χ1) is 14.9. The number of amides is 2. The summed E-state index contributed by atoms with van der Waals surface area (Å²) in [4.78, 5) is 49.3. The van der Waals surface area contributed by atoms with E-state index in [1.807, 2.05) is 0 Å². The number of carbonyl (C=O) groups is 4. The van der Waals surface area contributed by atoms with Crippen LogP contribution in [0.25, 0.3) is 0 Å². The van der Waals surface area contributed by atoms with E-state index in [1.165, 1.54) is 0 Å². The normalized spacial score (nSPS) is 19.6. The molecule has 4 rings (SSSR count). The molecular formula is C21H14N4O6. The molecule has 2 aromatic carbocycles. The molecule has 2 heterocycles. The van der Waals surface area contributed by atoms with Gasteiger partial charge < -0.3 is 10.2 Å². The number of benzene rings is 2. The Bertz CT molecular complexity index is 1190. The summed E-state index contributed by atoms with van der Waals surface area (Å²) >= 11 is 0. The number of rotatable bonds is 5. The first-order valence-electron chi connectivity index (χ1n) is 9.03. The molecule has 2 N–H and O–H groups in total. The standard InChI is InChI=1S/C21H14N4O6/c26-18-14(16(20(28)29)22-24(18)12-7-3-1-4-8-12)11-15-17(21(30)31)23-25(19(15)27)13-9-5-2-6-10-13/h1-11,14H,(H,28,29)(H,30,31)/t14-/m0/s1. The van der Waals surface area contributed by atoms with Gasteiger partial charge in [0.25, 0.3) is 11.8 Å². The lowest BCUT2D eigenvalue weighted by atomic mass is 9.97. The van der Waals surface area contributed by atoms with Gasteiger partial charge in [-0.3, -0.25) is 9.59 Å². The van der Waals surface area contributed by atoms with E-state index in [2.05, 4.69) is 10.2 Å². The highest BCUT2D eigenvalue weighted by Crippen LogP contribution is 2.29. The van der Waals surface area contributed by atoms with Crippen molar-refractivity contribution in [3.63, 3.8) is 0 Å². The van der Waals surface area contributed by atoms with Gasteiger partial charge in [0.15, 0.2) is 11.4 Å². The number of para-hydroxylation sites is 2. The minimum atomic E-state index is -1.49. The van der Waals surface area contributed by atoms with Crippen molar-refractivity contribution in [2.75, 3.05) is 10.0 Å². The maximum Gasteiger partial charge on any atom is 0.357 e. The highest BCUT2D eigenvalue weighted by atomic mass is 16.4. The highest BCUT2D eigenvalue weighted by molar-refractivity contribution is 6.53. The third kappa shape index (κ3) is 3.46. The van der Waals surface area contributed by atoms with Crippen molar-refractivity contribution in [1.29, 1.82) is 0 Å². The Morgan fingerprint density at radius 3 is 1.87 bits per heavy atom. The molecule has 31 heavy (non-hydrogen) atoms. The van der Waals surface area contributed by atoms with E-state index in [1.54, 1.807) is 60.7 Å². The van der Waals surface area contributed by atoms with Gasteiger partial charge in [-0.1, -0.05) is 42.5 Å². The molecule has 0 bridgehead atoms. The molecule has 0 unspecified atom stereocenters. The van der Waals surface area contributed by atoms with Crippen LogP contribution in [0.5, 0.6) is 0 Å². The van der Waals surface area contributed by atoms with Crippen LogP contribution in [0.4, 0.5) is 11.4 Å². The SMILES string of the molecule is O=C(O)C1=NN(c2ccccc2)C(=O)C1=C[C@@H]1C(=O)N(c2ccccc2)N=C1C(=O)O. The number of anilines is 2. The number of nitrogens with zero attached hydrogens (tertiary/aromatic N) is 4. The van der Waals surface area contributed by atoms with E-state index in [0.29, 0.717) is 11.4 Å². The molecule has 2 aromatic rings. The third-order valence-corrected chi connectivity index (χ3v) is 4.61. The smallest absolute Gasteiger partial charge is 0.357 e. The van der Waals surface area contributed by atoms with E-state index in [-0.39, 0.29) is 0 Å². The Morgan fingerprint density at radius 1 is 0.806 bits per heavy atom. The summed E-state index contributed by atoms with van der Waals surface area (Å²) in [7, 11) is 0. The van der Waals surface area contributed by atoms with Gasteiger partial charge in [0.05, 0.1) is 16.9 Å². The fourth-order valence-corrected chi connectivity index (χ4v) is 3.18. The summed E-state index contributed by atoms with van der Waals surface area (Å²) in [5, 5.41) is 28.6. The number of hydrogen-bond acceptors (Lipinski definition) is 6. The second-order valence-corrected chi connectivity index (χ2v) is 6.54. The van der Waals surface area contributed by atoms with Gasteiger partial charge in [-0.2, -0.15) is 20.2 Å². The highest BCUT2D eigenvalue weighted by Gasteiger charge is 2.43. The minimum absolute atomic E-state index is 0.324. The van der Waals surface area contributed by atoms with Crippen molar-refractivity contribution in [1.82, 2.24) is 0 Å². The first kappa shape index (κ1) is 19.7. The van der Waals surface area contributed by atoms with Crippen molar-refractivity contribution in [2.24, 2.45) is 16.1 Å². The van der Waals surface area contributed by atoms with E-state index < -0.39 is 46.7 Å². The Hall–Kier alpha value is -4.60. The predicted octanol–water partition coefficient (Wildman–Crippen LogP) is 1.50. The summed E-state index contributed by atoms with van der Waals surface area (Å²) in [6.45, 7) is 0. The van der Waals surface area contributed by atoms with Gasteiger partial charge in [0, 0.05) is 0 Å². The summed E-state index contributed by atoms with van der Waals surface area (Å²) in [5.41, 5.74) is -0.853. The molecule has 0 aliphatic carbocycles. The van der Waals surface area contributed by atoms with Crippen LogP contribution in [0.1, 0.15) is 0 Å². The average Bonchev–Trinajstić information content (AvgIpc) is 3.27. The van der Waals surface area contributed by atoms with Gasteiger partial charge in [0.1, 0.15) is 5.92 Å². The summed E-state index contributed by atoms with van der Waals surface area (Å²) in [6, 6.07) is 16.3. The molecule has 1 atom stereocenters. The number of carboxylic acids is 2. The van der Waals surface area contributed by atoms with Crippen molar-refractivity contribution in [3.8, 4) is 0 Å². The van der Waals surface area contributed by atoms with Crippen LogP contribution in [0.3, 0.4) is 0 Å². The lowest BCUT2D eigenvalue weighted by molar-refractivity contribution is -0.130. The van der Waals surface area contributed by atoms with Gasteiger partial charge in [-0.15, -0.1) is 0 Å². The minimum Gasteiger partial charge on any atom is -0.477 e. The lowest BCUT2D eigenvalue weighted by Crippen LogP contribution is -2.30. The Labute approximate surface area is 175 Å². The molecule has 0 aromatic heterocycles. The molecule has 2 amide bonds. The maximum absolute atomic E-state index is 12.9. The molecule has 0 saturated carbocycles. The van der Waals surface area contributed by atoms with Crippen molar-refractivity contribution >= 4 is 46.6 Å². The second kappa shape index (κ2) is 7.67. The Balaban J connectivity index is 1.75. The van der Waals surface area contributed by atoms with Crippen LogP contribution in [-0.2, 0) is 19.2 Å². The van der Waals surface area contributed by atoms with E-state index >= 15 is 0 Å². The molecule has 2 aliphatic heterocycles. The summed E-state index contributed by atoms with van der Waals surface area (Å²) in [5.74, 6) is -5.94. The molecule has 154 valence electrons. The summed E-state index contributed by atoms with van der Waals surface area (Å²) in [6.07, 6.45) is 0.996. The molecule has 0 spiro atoms. The van der Waals surface area contributed by atoms with E-state index in [9.17, 15) is 29.4 Å². The van der Waals surface area contributed by atoms with Crippen LogP contribution >= 0.6 is 0 Å². The van der Waals surface area contributed by atoms with Crippen LogP contribution in [0, 0.1) is 5.92 Å². The van der Waals surface area contributed by atoms with Crippen molar-refractivity contribution < 1.29 is 29.4 Å². The zero-order valence-electron chi connectivity index (χ0n) is 15.7. The van der Waals surface area contributed by atoms with Crippen molar-refractivity contribution in [3.05, 3.63) is 72.3 Å². The largest absolute Gasteiger partial charge is 0.477 e. The van der Waals surface area contributed by atoms with Crippen LogP contribution in [0.15, 0.2) is 82.5 Å². The number of aliphatic carboxylic acids is 2. The first-order valence-corrected chi connectivity index (χ1v) is 9.03. The van der Waals surface area contributed by atoms with Crippen LogP contribution in [0.2, 0.25) is 0 Å². The quantitative estimate of drug-likeness (QED) is 0.706. The zero-order chi connectivity index (χ0) is 22.1. The third-order valence-electron chi connectivity index (χ3n) is 4.61. The number of hydrazone groups is 2. The fraction of sp³-hybridized carbons (Fsp3) is 0.0476. The van der Waals surface area contributed by atoms with E-state index in [0.717, 1.165) is 16.1 Å². The molecule has 0 saturated heterocycles. The molecule has 0 fully saturated rings. The van der Waals surface area contributed by atoms with Gasteiger partial charge in [-0.05, 0) is 24.3 Å². The zero-order valence-corrected chi connectivity index (χ0v) is 15.7. The Kier molecular flexibility index (Phi) is 4.88. The average molecular weight is 418 g/mol. The number of hydrogen-bond donors (Lipinski definition) is 2. The molecule has 2 aliphatic rings. The molecular weight excluding hydrogens is 404 g/mol. The number of carboxylic acid groups (broad SMARTS) is 2. The Morgan fingerprint density at radius 2 is 1.35 bits per heavy atom. The molecule has 10 nitrogen and oxygen atoms in total.